The number of aryl methyl sites for hydroxylation is 1. The van der Waals surface area contributed by atoms with Crippen LogP contribution in [0, 0.1) is 5.92 Å². The molecular formula is C51H61N9O13. The molecule has 1 saturated heterocycles. The molecule has 3 aliphatic rings. The molecule has 0 spiro atoms. The normalized spacial score (nSPS) is 16.4. The maximum Gasteiger partial charge on any atom is 0.415 e. The molecule has 0 bridgehead atoms. The van der Waals surface area contributed by atoms with E-state index < -0.39 is 59.6 Å². The molecule has 0 unspecified atom stereocenters. The zero-order chi connectivity index (χ0) is 52.9. The third-order valence-electron chi connectivity index (χ3n) is 13.4. The number of ether oxygens (including phenoxy) is 3. The van der Waals surface area contributed by atoms with Crippen LogP contribution < -0.4 is 37.3 Å². The smallest absolute Gasteiger partial charge is 0.415 e. The monoisotopic (exact) mass is 1010 g/mol. The number of fused-ring (bicyclic) bond motifs is 5. The van der Waals surface area contributed by atoms with Crippen LogP contribution in [0.5, 0.6) is 5.75 Å². The number of aliphatic hydroxyl groups is 1. The van der Waals surface area contributed by atoms with E-state index in [1.54, 1.807) is 80.9 Å². The largest absolute Gasteiger partial charge is 0.458 e. The molecule has 0 radical (unpaired) electrons. The van der Waals surface area contributed by atoms with Crippen LogP contribution >= 0.6 is 0 Å². The van der Waals surface area contributed by atoms with E-state index in [1.807, 2.05) is 6.92 Å². The highest BCUT2D eigenvalue weighted by atomic mass is 16.6. The number of likely N-dealkylation sites (tertiary alicyclic amines) is 1. The van der Waals surface area contributed by atoms with Crippen LogP contribution in [0.15, 0.2) is 53.3 Å². The van der Waals surface area contributed by atoms with Gasteiger partial charge in [-0.3, -0.25) is 19.2 Å². The van der Waals surface area contributed by atoms with Crippen molar-refractivity contribution in [3.8, 4) is 17.1 Å². The molecular weight excluding hydrogens is 947 g/mol. The van der Waals surface area contributed by atoms with E-state index in [-0.39, 0.29) is 112 Å². The minimum absolute atomic E-state index is 0.0252. The number of benzene rings is 2. The molecule has 2 aromatic heterocycles. The van der Waals surface area contributed by atoms with Gasteiger partial charge in [0.2, 0.25) is 17.7 Å². The summed E-state index contributed by atoms with van der Waals surface area (Å²) in [6, 6.07) is 10.1. The van der Waals surface area contributed by atoms with Crippen LogP contribution in [0.3, 0.4) is 0 Å². The van der Waals surface area contributed by atoms with E-state index in [4.69, 9.17) is 24.9 Å². The average Bonchev–Trinajstić information content (AvgIpc) is 3.71. The zero-order valence-corrected chi connectivity index (χ0v) is 41.6. The fourth-order valence-electron chi connectivity index (χ4n) is 9.05. The number of cyclic esters (lactones) is 1. The van der Waals surface area contributed by atoms with Crippen molar-refractivity contribution >= 4 is 64.3 Å². The Balaban J connectivity index is 0.908. The van der Waals surface area contributed by atoms with E-state index in [1.165, 1.54) is 16.7 Å². The lowest BCUT2D eigenvalue weighted by Crippen LogP contribution is -2.61. The summed E-state index contributed by atoms with van der Waals surface area (Å²) in [7, 11) is 1.58. The van der Waals surface area contributed by atoms with E-state index >= 15 is 0 Å². The minimum atomic E-state index is -1.94. The summed E-state index contributed by atoms with van der Waals surface area (Å²) >= 11 is 0. The molecule has 22 heteroatoms. The lowest BCUT2D eigenvalue weighted by molar-refractivity contribution is -0.172. The van der Waals surface area contributed by atoms with Crippen LogP contribution in [0.25, 0.3) is 22.3 Å². The molecule has 2 aromatic carbocycles. The van der Waals surface area contributed by atoms with Gasteiger partial charge in [-0.2, -0.15) is 0 Å². The number of hydrogen-bond donors (Lipinski definition) is 6. The van der Waals surface area contributed by atoms with Gasteiger partial charge in [0.25, 0.3) is 5.56 Å². The summed E-state index contributed by atoms with van der Waals surface area (Å²) in [5.74, 6) is -2.67. The zero-order valence-electron chi connectivity index (χ0n) is 41.6. The number of nitrogens with one attached hydrogen (secondary N) is 4. The van der Waals surface area contributed by atoms with Crippen LogP contribution in [0.4, 0.5) is 20.1 Å². The predicted molar refractivity (Wildman–Crippen MR) is 264 cm³/mol. The van der Waals surface area contributed by atoms with E-state index in [2.05, 4.69) is 21.3 Å². The molecule has 7 amide bonds. The summed E-state index contributed by atoms with van der Waals surface area (Å²) in [6.45, 7) is 8.90. The predicted octanol–water partition coefficient (Wildman–Crippen LogP) is 3.48. The summed E-state index contributed by atoms with van der Waals surface area (Å²) in [6.07, 6.45) is -0.285. The number of amides is 7. The van der Waals surface area contributed by atoms with Gasteiger partial charge in [-0.15, -0.1) is 0 Å². The quantitative estimate of drug-likeness (QED) is 0.0510. The van der Waals surface area contributed by atoms with Crippen molar-refractivity contribution in [1.29, 1.82) is 0 Å². The van der Waals surface area contributed by atoms with Crippen molar-refractivity contribution in [1.82, 2.24) is 35.3 Å². The number of rotatable bonds is 19. The molecule has 22 nitrogen and oxygen atoms in total. The lowest BCUT2D eigenvalue weighted by atomic mass is 9.86. The van der Waals surface area contributed by atoms with Crippen molar-refractivity contribution in [3.05, 3.63) is 86.7 Å². The Hall–Kier alpha value is -7.88. The van der Waals surface area contributed by atoms with Gasteiger partial charge in [0.1, 0.15) is 36.8 Å². The Bertz CT molecular complexity index is 2910. The van der Waals surface area contributed by atoms with Crippen molar-refractivity contribution in [2.75, 3.05) is 32.0 Å². The first-order valence-electron chi connectivity index (χ1n) is 24.2. The van der Waals surface area contributed by atoms with Crippen LogP contribution in [-0.2, 0) is 65.2 Å². The topological polar surface area (TPSA) is 300 Å². The number of pyridine rings is 2. The molecule has 5 heterocycles. The average molecular weight is 1010 g/mol. The van der Waals surface area contributed by atoms with E-state index in [0.717, 1.165) is 16.5 Å². The van der Waals surface area contributed by atoms with Crippen LogP contribution in [0.2, 0.25) is 0 Å². The second kappa shape index (κ2) is 22.3. The first-order chi connectivity index (χ1) is 34.7. The Morgan fingerprint density at radius 3 is 2.36 bits per heavy atom. The number of anilines is 1. The number of urea groups is 1. The highest BCUT2D eigenvalue weighted by Gasteiger charge is 2.46. The number of nitrogens with zero attached hydrogens (tertiary/aromatic N) is 4. The van der Waals surface area contributed by atoms with Crippen molar-refractivity contribution in [3.63, 3.8) is 0 Å². The molecule has 73 heavy (non-hydrogen) atoms. The van der Waals surface area contributed by atoms with Gasteiger partial charge in [-0.05, 0) is 86.1 Å². The SMILES string of the molecule is CCc1c2c(nc3ccc(OC(=O)N(C)C4CN(C(=O)OCc5ccc(NC(=O)[C@H](CCCNC(N)=O)NC(=O)[C@@H](NC(=O)CCC(C)=O)C(C)C)cc5)C4)cc13)-c1cc3c(c(=O)n1C2)COC(=O)[C@]3(O)CC. The molecule has 1 fully saturated rings. The van der Waals surface area contributed by atoms with Gasteiger partial charge >= 0.3 is 24.2 Å². The number of nitrogens with two attached hydrogens (primary N) is 1. The maximum absolute atomic E-state index is 13.7. The van der Waals surface area contributed by atoms with Gasteiger partial charge < -0.3 is 65.5 Å². The van der Waals surface area contributed by atoms with Crippen LogP contribution in [-0.4, -0.2) is 117 Å². The number of carbonyl (C=O) groups excluding carboxylic acids is 8. The number of likely N-dealkylation sites (N-methyl/N-ethyl adjacent to an activating group) is 1. The number of carbonyl (C=O) groups is 8. The Morgan fingerprint density at radius 1 is 0.973 bits per heavy atom. The highest BCUT2D eigenvalue weighted by molar-refractivity contribution is 5.99. The number of ketones is 1. The summed E-state index contributed by atoms with van der Waals surface area (Å²) in [5, 5.41) is 22.6. The highest BCUT2D eigenvalue weighted by Crippen LogP contribution is 2.41. The first-order valence-corrected chi connectivity index (χ1v) is 24.2. The molecule has 0 aliphatic carbocycles. The van der Waals surface area contributed by atoms with Crippen LogP contribution in [0.1, 0.15) is 94.5 Å². The summed E-state index contributed by atoms with van der Waals surface area (Å²) in [5.41, 5.74) is 7.72. The van der Waals surface area contributed by atoms with Crippen molar-refractivity contribution in [2.45, 2.75) is 117 Å². The molecule has 3 aliphatic heterocycles. The maximum atomic E-state index is 13.7. The van der Waals surface area contributed by atoms with Gasteiger partial charge in [0, 0.05) is 61.7 Å². The van der Waals surface area contributed by atoms with Crippen molar-refractivity contribution < 1.29 is 57.7 Å². The standard InChI is InChI=1S/C51H61N9O13/c1-7-33-34-20-32(16-17-38(34)55-43-35(33)24-60-40(43)21-37-36(46(60)65)26-71-47(66)51(37,70)8-2)73-49(68)58(6)31-22-59(23-31)50(69)72-25-29-12-14-30(15-13-29)54-44(63)39(10-9-19-53-48(52)67)56-45(64)42(27(3)4)57-41(62)18-11-28(5)61/h12-17,20-21,27,31,39,42,70H,7-11,18-19,22-26H2,1-6H3,(H,54,63)(H,56,64)(H,57,62)(H3,52,53,67)/t39-,42-,51-/m0/s1. The Labute approximate surface area is 420 Å². The summed E-state index contributed by atoms with van der Waals surface area (Å²) < 4.78 is 18.1. The van der Waals surface area contributed by atoms with Gasteiger partial charge in [0.15, 0.2) is 5.60 Å². The van der Waals surface area contributed by atoms with Gasteiger partial charge in [-0.25, -0.2) is 24.2 Å². The number of aromatic nitrogens is 2. The molecule has 7 rings (SSSR count). The van der Waals surface area contributed by atoms with Gasteiger partial charge in [0.05, 0.1) is 35.1 Å². The van der Waals surface area contributed by atoms with E-state index in [0.29, 0.717) is 34.6 Å². The second-order valence-corrected chi connectivity index (χ2v) is 18.8. The third-order valence-corrected chi connectivity index (χ3v) is 13.4. The Kier molecular flexibility index (Phi) is 16.1. The fourth-order valence-corrected chi connectivity index (χ4v) is 9.05. The Morgan fingerprint density at radius 2 is 1.70 bits per heavy atom. The third kappa shape index (κ3) is 11.6. The number of esters is 1. The van der Waals surface area contributed by atoms with E-state index in [9.17, 15) is 48.3 Å². The minimum Gasteiger partial charge on any atom is -0.458 e. The molecule has 0 saturated carbocycles. The number of primary amides is 1. The van der Waals surface area contributed by atoms with Crippen molar-refractivity contribution in [2.24, 2.45) is 11.7 Å². The number of Topliss-reactive ketones (excluding diaryl/α,β-unsaturated/α-hetero) is 1. The summed E-state index contributed by atoms with van der Waals surface area (Å²) in [4.78, 5) is 122. The second-order valence-electron chi connectivity index (χ2n) is 18.8. The molecule has 3 atom stereocenters. The molecule has 388 valence electrons. The fraction of sp³-hybridized carbons (Fsp3) is 0.451. The van der Waals surface area contributed by atoms with Gasteiger partial charge in [-0.1, -0.05) is 39.8 Å². The molecule has 4 aromatic rings. The first kappa shape index (κ1) is 52.9. The number of hydrogen-bond acceptors (Lipinski definition) is 14. The molecule has 7 N–H and O–H groups in total. The lowest BCUT2D eigenvalue weighted by Gasteiger charge is -2.42.